The minimum atomic E-state index is -2.68. The summed E-state index contributed by atoms with van der Waals surface area (Å²) in [6, 6.07) is 7.68. The predicted octanol–water partition coefficient (Wildman–Crippen LogP) is 2.14. The van der Waals surface area contributed by atoms with E-state index in [4.69, 9.17) is 26.6 Å². The van der Waals surface area contributed by atoms with E-state index in [9.17, 15) is 9.59 Å². The lowest BCUT2D eigenvalue weighted by Gasteiger charge is -2.24. The standard InChI is InChI=1S/C24H38N4O8Si2/c1-31-37(32-2,33-3)15-7-11-27-23(29)19-9-13-25-21(17-19)22-18-20(10-14-26-22)24(30)28-12-8-16-38(34-4,35-5)36-6/h9-10,13-14,17-18H,7-8,11-12,15-16H2,1-6H3,(H,27,29)(H,28,30). The van der Waals surface area contributed by atoms with Crippen LogP contribution in [0, 0.1) is 0 Å². The average molecular weight is 567 g/mol. The van der Waals surface area contributed by atoms with Crippen LogP contribution in [-0.2, 0) is 26.6 Å². The minimum Gasteiger partial charge on any atom is -0.377 e. The van der Waals surface area contributed by atoms with E-state index in [2.05, 4.69) is 20.6 Å². The van der Waals surface area contributed by atoms with Gasteiger partial charge in [0.05, 0.1) is 11.4 Å². The summed E-state index contributed by atoms with van der Waals surface area (Å²) in [6.45, 7) is 0.857. The molecule has 0 aliphatic heterocycles. The zero-order valence-electron chi connectivity index (χ0n) is 22.9. The molecule has 210 valence electrons. The zero-order chi connectivity index (χ0) is 28.0. The van der Waals surface area contributed by atoms with Crippen LogP contribution in [0.5, 0.6) is 0 Å². The molecule has 2 aromatic heterocycles. The van der Waals surface area contributed by atoms with Crippen molar-refractivity contribution in [2.75, 3.05) is 55.7 Å². The van der Waals surface area contributed by atoms with Crippen LogP contribution >= 0.6 is 0 Å². The highest BCUT2D eigenvalue weighted by atomic mass is 28.4. The fraction of sp³-hybridized carbons (Fsp3) is 0.500. The van der Waals surface area contributed by atoms with E-state index in [0.29, 0.717) is 60.5 Å². The summed E-state index contributed by atoms with van der Waals surface area (Å²) >= 11 is 0. The molecule has 0 unspecified atom stereocenters. The molecule has 0 saturated heterocycles. The Morgan fingerprint density at radius 2 is 1.00 bits per heavy atom. The molecule has 2 rings (SSSR count). The number of aromatic nitrogens is 2. The largest absolute Gasteiger partial charge is 0.500 e. The Morgan fingerprint density at radius 3 is 1.32 bits per heavy atom. The van der Waals surface area contributed by atoms with E-state index >= 15 is 0 Å². The number of rotatable bonds is 17. The van der Waals surface area contributed by atoms with Crippen LogP contribution in [0.1, 0.15) is 33.6 Å². The number of pyridine rings is 2. The molecule has 0 spiro atoms. The first kappa shape index (κ1) is 31.7. The van der Waals surface area contributed by atoms with Crippen molar-refractivity contribution < 1.29 is 36.1 Å². The topological polar surface area (TPSA) is 139 Å². The first-order chi connectivity index (χ1) is 18.3. The molecule has 2 heterocycles. The smallest absolute Gasteiger partial charge is 0.377 e. The third-order valence-electron chi connectivity index (χ3n) is 6.06. The molecule has 0 saturated carbocycles. The fourth-order valence-corrected chi connectivity index (χ4v) is 7.20. The van der Waals surface area contributed by atoms with Gasteiger partial charge in [-0.1, -0.05) is 0 Å². The second-order valence-electron chi connectivity index (χ2n) is 8.17. The SMILES string of the molecule is CO[Si](CCCNC(=O)c1ccnc(-c2cc(C(=O)NCCC[Si](OC)(OC)OC)ccn2)c1)(OC)OC. The van der Waals surface area contributed by atoms with Gasteiger partial charge in [0.2, 0.25) is 0 Å². The van der Waals surface area contributed by atoms with E-state index < -0.39 is 17.6 Å². The van der Waals surface area contributed by atoms with Crippen molar-refractivity contribution in [2.45, 2.75) is 24.9 Å². The van der Waals surface area contributed by atoms with Gasteiger partial charge in [0.15, 0.2) is 0 Å². The summed E-state index contributed by atoms with van der Waals surface area (Å²) in [4.78, 5) is 34.0. The van der Waals surface area contributed by atoms with E-state index in [1.165, 1.54) is 12.4 Å². The summed E-state index contributed by atoms with van der Waals surface area (Å²) in [5, 5.41) is 5.77. The normalized spacial score (nSPS) is 11.8. The van der Waals surface area contributed by atoms with Crippen LogP contribution in [0.2, 0.25) is 12.1 Å². The van der Waals surface area contributed by atoms with Crippen LogP contribution in [-0.4, -0.2) is 95.1 Å². The lowest BCUT2D eigenvalue weighted by Crippen LogP contribution is -2.43. The first-order valence-corrected chi connectivity index (χ1v) is 16.0. The average Bonchev–Trinajstić information content (AvgIpc) is 2.98. The Balaban J connectivity index is 1.96. The summed E-state index contributed by atoms with van der Waals surface area (Å²) < 4.78 is 32.4. The quantitative estimate of drug-likeness (QED) is 0.216. The molecular weight excluding hydrogens is 528 g/mol. The number of amides is 2. The van der Waals surface area contributed by atoms with Gasteiger partial charge < -0.3 is 37.2 Å². The Kier molecular flexibility index (Phi) is 13.1. The molecule has 38 heavy (non-hydrogen) atoms. The highest BCUT2D eigenvalue weighted by molar-refractivity contribution is 6.60. The Bertz CT molecular complexity index is 940. The van der Waals surface area contributed by atoms with Crippen LogP contribution in [0.25, 0.3) is 11.4 Å². The number of carbonyl (C=O) groups excluding carboxylic acids is 2. The van der Waals surface area contributed by atoms with E-state index in [-0.39, 0.29) is 11.8 Å². The molecule has 0 aliphatic carbocycles. The number of hydrogen-bond acceptors (Lipinski definition) is 10. The van der Waals surface area contributed by atoms with Crippen LogP contribution < -0.4 is 10.6 Å². The maximum absolute atomic E-state index is 12.7. The highest BCUT2D eigenvalue weighted by Crippen LogP contribution is 2.18. The van der Waals surface area contributed by atoms with Crippen molar-refractivity contribution >= 4 is 29.4 Å². The molecule has 0 atom stereocenters. The molecule has 2 N–H and O–H groups in total. The van der Waals surface area contributed by atoms with Gasteiger partial charge >= 0.3 is 17.6 Å². The summed E-state index contributed by atoms with van der Waals surface area (Å²) in [5.41, 5.74) is 1.82. The summed E-state index contributed by atoms with van der Waals surface area (Å²) in [6.07, 6.45) is 4.34. The summed E-state index contributed by atoms with van der Waals surface area (Å²) in [7, 11) is 3.98. The molecule has 0 aromatic carbocycles. The van der Waals surface area contributed by atoms with Crippen molar-refractivity contribution in [3.63, 3.8) is 0 Å². The van der Waals surface area contributed by atoms with E-state index in [1.807, 2.05) is 0 Å². The van der Waals surface area contributed by atoms with Crippen molar-refractivity contribution in [3.05, 3.63) is 47.8 Å². The highest BCUT2D eigenvalue weighted by Gasteiger charge is 2.37. The maximum Gasteiger partial charge on any atom is 0.500 e. The minimum absolute atomic E-state index is 0.245. The molecule has 0 bridgehead atoms. The summed E-state index contributed by atoms with van der Waals surface area (Å²) in [5.74, 6) is -0.491. The van der Waals surface area contributed by atoms with Crippen LogP contribution in [0.3, 0.4) is 0 Å². The van der Waals surface area contributed by atoms with Crippen molar-refractivity contribution in [3.8, 4) is 11.4 Å². The Labute approximate surface area is 226 Å². The number of nitrogens with zero attached hydrogens (tertiary/aromatic N) is 2. The van der Waals surface area contributed by atoms with Gasteiger partial charge in [-0.05, 0) is 37.1 Å². The Morgan fingerprint density at radius 1 is 0.658 bits per heavy atom. The predicted molar refractivity (Wildman–Crippen MR) is 145 cm³/mol. The van der Waals surface area contributed by atoms with Crippen LogP contribution in [0.15, 0.2) is 36.7 Å². The van der Waals surface area contributed by atoms with Crippen LogP contribution in [0.4, 0.5) is 0 Å². The van der Waals surface area contributed by atoms with Gasteiger partial charge in [0, 0.05) is 91.4 Å². The van der Waals surface area contributed by atoms with E-state index in [1.54, 1.807) is 66.9 Å². The lowest BCUT2D eigenvalue weighted by molar-refractivity contribution is 0.0942. The number of nitrogens with one attached hydrogen (secondary N) is 2. The maximum atomic E-state index is 12.7. The molecule has 0 aliphatic rings. The number of carbonyl (C=O) groups is 2. The molecule has 0 radical (unpaired) electrons. The van der Waals surface area contributed by atoms with E-state index in [0.717, 1.165) is 0 Å². The van der Waals surface area contributed by atoms with Gasteiger partial charge in [-0.2, -0.15) is 0 Å². The fourth-order valence-electron chi connectivity index (χ4n) is 3.75. The first-order valence-electron chi connectivity index (χ1n) is 12.1. The lowest BCUT2D eigenvalue weighted by atomic mass is 10.1. The second-order valence-corrected chi connectivity index (χ2v) is 14.4. The molecule has 12 nitrogen and oxygen atoms in total. The van der Waals surface area contributed by atoms with Gasteiger partial charge in [-0.15, -0.1) is 0 Å². The molecular formula is C24H38N4O8Si2. The third-order valence-corrected chi connectivity index (χ3v) is 11.7. The van der Waals surface area contributed by atoms with Gasteiger partial charge in [0.1, 0.15) is 0 Å². The number of hydrogen-bond donors (Lipinski definition) is 2. The molecule has 2 aromatic rings. The second kappa shape index (κ2) is 15.8. The van der Waals surface area contributed by atoms with Crippen molar-refractivity contribution in [1.82, 2.24) is 20.6 Å². The molecule has 2 amide bonds. The van der Waals surface area contributed by atoms with Crippen molar-refractivity contribution in [2.24, 2.45) is 0 Å². The molecule has 14 heteroatoms. The van der Waals surface area contributed by atoms with Gasteiger partial charge in [-0.25, -0.2) is 0 Å². The van der Waals surface area contributed by atoms with Gasteiger partial charge in [0.25, 0.3) is 11.8 Å². The monoisotopic (exact) mass is 566 g/mol. The molecule has 0 fully saturated rings. The third kappa shape index (κ3) is 8.74. The van der Waals surface area contributed by atoms with Gasteiger partial charge in [-0.3, -0.25) is 19.6 Å². The Hall–Kier alpha value is -2.57. The zero-order valence-corrected chi connectivity index (χ0v) is 24.9. The van der Waals surface area contributed by atoms with Crippen molar-refractivity contribution in [1.29, 1.82) is 0 Å².